The molecule has 3 aromatic rings. The number of ketones is 1. The average molecular weight is 430 g/mol. The van der Waals surface area contributed by atoms with Crippen LogP contribution in [-0.2, 0) is 9.53 Å². The molecule has 0 saturated carbocycles. The van der Waals surface area contributed by atoms with Crippen molar-refractivity contribution in [1.82, 2.24) is 5.16 Å². The molecule has 2 aliphatic rings. The number of fused-ring (bicyclic) bond motifs is 1. The van der Waals surface area contributed by atoms with Gasteiger partial charge in [0.1, 0.15) is 5.75 Å². The third-order valence-electron chi connectivity index (χ3n) is 6.29. The number of aryl methyl sites for hydroxylation is 1. The second-order valence-electron chi connectivity index (χ2n) is 8.19. The second-order valence-corrected chi connectivity index (χ2v) is 8.19. The molecule has 0 bridgehead atoms. The molecule has 32 heavy (non-hydrogen) atoms. The lowest BCUT2D eigenvalue weighted by molar-refractivity contribution is -0.116. The van der Waals surface area contributed by atoms with Crippen LogP contribution >= 0.6 is 0 Å². The molecule has 5 rings (SSSR count). The van der Waals surface area contributed by atoms with Crippen molar-refractivity contribution in [2.45, 2.75) is 31.6 Å². The van der Waals surface area contributed by atoms with Gasteiger partial charge in [-0.05, 0) is 54.7 Å². The molecule has 0 amide bonds. The van der Waals surface area contributed by atoms with Gasteiger partial charge in [-0.15, -0.1) is 0 Å². The van der Waals surface area contributed by atoms with Crippen molar-refractivity contribution in [3.05, 3.63) is 87.7 Å². The van der Waals surface area contributed by atoms with E-state index in [1.165, 1.54) is 7.11 Å². The number of nitrogens with one attached hydrogen (secondary N) is 1. The highest BCUT2D eigenvalue weighted by molar-refractivity contribution is 6.01. The molecule has 2 heterocycles. The number of methoxy groups -OCH3 is 1. The van der Waals surface area contributed by atoms with Gasteiger partial charge in [0, 0.05) is 23.6 Å². The Hall–Kier alpha value is -3.87. The third-order valence-corrected chi connectivity index (χ3v) is 6.29. The fraction of sp³-hybridized carbons (Fsp3) is 0.240. The van der Waals surface area contributed by atoms with Gasteiger partial charge >= 0.3 is 5.97 Å². The van der Waals surface area contributed by atoms with Crippen LogP contribution in [0.5, 0.6) is 5.75 Å². The van der Waals surface area contributed by atoms with Gasteiger partial charge in [-0.1, -0.05) is 29.4 Å². The highest BCUT2D eigenvalue weighted by Gasteiger charge is 2.41. The minimum Gasteiger partial charge on any atom is -0.508 e. The normalized spacial score (nSPS) is 19.8. The fourth-order valence-electron chi connectivity index (χ4n) is 4.72. The number of hydrogen-bond donors (Lipinski definition) is 2. The van der Waals surface area contributed by atoms with E-state index in [9.17, 15) is 14.7 Å². The maximum absolute atomic E-state index is 13.5. The molecular formula is C25H22N2O5. The van der Waals surface area contributed by atoms with E-state index in [2.05, 4.69) is 10.5 Å². The number of hydrogen-bond acceptors (Lipinski definition) is 7. The van der Waals surface area contributed by atoms with Crippen molar-refractivity contribution in [2.75, 3.05) is 12.4 Å². The Bertz CT molecular complexity index is 1240. The zero-order valence-corrected chi connectivity index (χ0v) is 17.7. The average Bonchev–Trinajstić information content (AvgIpc) is 3.18. The van der Waals surface area contributed by atoms with Crippen LogP contribution in [0.1, 0.15) is 57.4 Å². The number of nitrogens with zero attached hydrogens (tertiary/aromatic N) is 1. The molecule has 162 valence electrons. The van der Waals surface area contributed by atoms with Crippen molar-refractivity contribution < 1.29 is 24.0 Å². The number of anilines is 1. The number of esters is 1. The van der Waals surface area contributed by atoms with Crippen LogP contribution in [0.3, 0.4) is 0 Å². The summed E-state index contributed by atoms with van der Waals surface area (Å²) in [6.07, 6.45) is 1.02. The summed E-state index contributed by atoms with van der Waals surface area (Å²) in [5, 5.41) is 17.0. The number of ether oxygens (including phenoxy) is 1. The Morgan fingerprint density at radius 2 is 1.78 bits per heavy atom. The molecule has 2 aromatic carbocycles. The van der Waals surface area contributed by atoms with E-state index in [-0.39, 0.29) is 23.4 Å². The number of carbonyl (C=O) groups excluding carboxylic acids is 2. The van der Waals surface area contributed by atoms with E-state index in [1.807, 2.05) is 31.2 Å². The number of aromatic nitrogens is 1. The van der Waals surface area contributed by atoms with Crippen molar-refractivity contribution >= 4 is 17.6 Å². The number of Topliss-reactive ketones (excluding diaryl/α,β-unsaturated/α-hetero) is 1. The second kappa shape index (κ2) is 7.67. The minimum atomic E-state index is -0.408. The Labute approximate surface area is 184 Å². The van der Waals surface area contributed by atoms with Crippen LogP contribution in [0.15, 0.2) is 64.3 Å². The Morgan fingerprint density at radius 1 is 1.09 bits per heavy atom. The summed E-state index contributed by atoms with van der Waals surface area (Å²) in [5.74, 6) is 0.0697. The molecular weight excluding hydrogens is 408 g/mol. The maximum Gasteiger partial charge on any atom is 0.337 e. The van der Waals surface area contributed by atoms with Gasteiger partial charge < -0.3 is 19.7 Å². The monoisotopic (exact) mass is 430 g/mol. The number of carbonyl (C=O) groups is 2. The van der Waals surface area contributed by atoms with Crippen LogP contribution in [0.2, 0.25) is 0 Å². The molecule has 0 radical (unpaired) electrons. The zero-order chi connectivity index (χ0) is 22.4. The van der Waals surface area contributed by atoms with Gasteiger partial charge in [-0.3, -0.25) is 4.79 Å². The molecule has 1 aliphatic carbocycles. The number of phenols is 1. The highest BCUT2D eigenvalue weighted by atomic mass is 16.5. The summed E-state index contributed by atoms with van der Waals surface area (Å²) in [7, 11) is 1.35. The predicted molar refractivity (Wildman–Crippen MR) is 117 cm³/mol. The van der Waals surface area contributed by atoms with E-state index in [0.717, 1.165) is 28.1 Å². The summed E-state index contributed by atoms with van der Waals surface area (Å²) < 4.78 is 10.3. The van der Waals surface area contributed by atoms with Crippen LogP contribution < -0.4 is 5.32 Å². The van der Waals surface area contributed by atoms with E-state index in [1.54, 1.807) is 24.3 Å². The molecule has 7 nitrogen and oxygen atoms in total. The molecule has 1 aromatic heterocycles. The van der Waals surface area contributed by atoms with E-state index in [4.69, 9.17) is 9.26 Å². The summed E-state index contributed by atoms with van der Waals surface area (Å²) >= 11 is 0. The fourth-order valence-corrected chi connectivity index (χ4v) is 4.72. The first-order valence-corrected chi connectivity index (χ1v) is 10.4. The first-order valence-electron chi connectivity index (χ1n) is 10.4. The van der Waals surface area contributed by atoms with Crippen molar-refractivity contribution in [2.24, 2.45) is 0 Å². The van der Waals surface area contributed by atoms with Crippen molar-refractivity contribution in [3.8, 4) is 5.75 Å². The molecule has 0 unspecified atom stereocenters. The summed E-state index contributed by atoms with van der Waals surface area (Å²) in [6, 6.07) is 14.1. The van der Waals surface area contributed by atoms with Gasteiger partial charge in [0.05, 0.1) is 23.9 Å². The van der Waals surface area contributed by atoms with Crippen LogP contribution in [0.4, 0.5) is 5.88 Å². The van der Waals surface area contributed by atoms with Crippen molar-refractivity contribution in [1.29, 1.82) is 0 Å². The molecule has 0 fully saturated rings. The van der Waals surface area contributed by atoms with Gasteiger partial charge in [0.25, 0.3) is 0 Å². The van der Waals surface area contributed by atoms with Gasteiger partial charge in [0.2, 0.25) is 5.88 Å². The van der Waals surface area contributed by atoms with Crippen LogP contribution in [-0.4, -0.2) is 29.1 Å². The van der Waals surface area contributed by atoms with Gasteiger partial charge in [0.15, 0.2) is 5.78 Å². The Balaban J connectivity index is 1.57. The summed E-state index contributed by atoms with van der Waals surface area (Å²) in [6.45, 7) is 1.86. The maximum atomic E-state index is 13.5. The summed E-state index contributed by atoms with van der Waals surface area (Å²) in [4.78, 5) is 25.3. The molecule has 1 aliphatic heterocycles. The van der Waals surface area contributed by atoms with Crippen LogP contribution in [0.25, 0.3) is 0 Å². The topological polar surface area (TPSA) is 102 Å². The number of aromatic hydroxyl groups is 1. The van der Waals surface area contributed by atoms with Crippen molar-refractivity contribution in [3.63, 3.8) is 0 Å². The Morgan fingerprint density at radius 3 is 2.47 bits per heavy atom. The van der Waals surface area contributed by atoms with E-state index < -0.39 is 5.97 Å². The standard InChI is InChI=1S/C25H22N2O5/c1-13-21-22(15-3-5-16(6-4-15)25(30)31-2)23-19(26-24(21)32-27-13)11-17(12-20(23)29)14-7-9-18(28)10-8-14/h3-10,17,22,26,28H,11-12H2,1-2H3/t17-,22+/m1/s1. The van der Waals surface area contributed by atoms with Crippen LogP contribution in [0, 0.1) is 6.92 Å². The zero-order valence-electron chi connectivity index (χ0n) is 17.7. The largest absolute Gasteiger partial charge is 0.508 e. The number of benzene rings is 2. The summed E-state index contributed by atoms with van der Waals surface area (Å²) in [5.41, 5.74) is 5.43. The molecule has 2 atom stereocenters. The number of allylic oxidation sites excluding steroid dienone is 2. The van der Waals surface area contributed by atoms with E-state index in [0.29, 0.717) is 29.9 Å². The van der Waals surface area contributed by atoms with Gasteiger partial charge in [-0.25, -0.2) is 4.79 Å². The lowest BCUT2D eigenvalue weighted by atomic mass is 9.72. The molecule has 0 saturated heterocycles. The SMILES string of the molecule is COC(=O)c1ccc([C@@H]2C3=C(C[C@@H](c4ccc(O)cc4)CC3=O)Nc3onc(C)c32)cc1. The van der Waals surface area contributed by atoms with Gasteiger partial charge in [-0.2, -0.15) is 0 Å². The molecule has 0 spiro atoms. The first kappa shape index (κ1) is 20.1. The lowest BCUT2D eigenvalue weighted by Crippen LogP contribution is -2.29. The third kappa shape index (κ3) is 3.26. The smallest absolute Gasteiger partial charge is 0.337 e. The first-order chi connectivity index (χ1) is 15.5. The Kier molecular flexibility index (Phi) is 4.81. The van der Waals surface area contributed by atoms with E-state index >= 15 is 0 Å². The molecule has 7 heteroatoms. The predicted octanol–water partition coefficient (Wildman–Crippen LogP) is 4.43. The number of rotatable bonds is 3. The lowest BCUT2D eigenvalue weighted by Gasteiger charge is -2.34. The molecule has 2 N–H and O–H groups in total. The number of phenolic OH excluding ortho intramolecular Hbond substituents is 1. The minimum absolute atomic E-state index is 0.00210. The quantitative estimate of drug-likeness (QED) is 0.593. The highest BCUT2D eigenvalue weighted by Crippen LogP contribution is 2.49.